The first-order valence-corrected chi connectivity index (χ1v) is 13.4. The Morgan fingerprint density at radius 1 is 1.24 bits per heavy atom. The van der Waals surface area contributed by atoms with Gasteiger partial charge in [0.1, 0.15) is 21.5 Å². The van der Waals surface area contributed by atoms with Gasteiger partial charge in [-0.1, -0.05) is 11.6 Å². The van der Waals surface area contributed by atoms with E-state index in [9.17, 15) is 22.4 Å². The fourth-order valence-electron chi connectivity index (χ4n) is 3.90. The van der Waals surface area contributed by atoms with Crippen molar-refractivity contribution in [2.24, 2.45) is 0 Å². The standard InChI is InChI=1S/C23H22ClFN4O6S2/c1-11-7-16(29-10-35-17-9-15(26-3)14(25)8-13(17)22(29)30)21(34-4)12(2)20(11)27-23(31)28-37(32,33)19-6-5-18(24)36-19/h5-9,26H,10H2,1-4H3,(H2,27,28,31). The lowest BCUT2D eigenvalue weighted by Gasteiger charge is -2.31. The molecule has 0 unspecified atom stereocenters. The number of anilines is 3. The van der Waals surface area contributed by atoms with E-state index in [0.29, 0.717) is 16.8 Å². The number of amides is 3. The van der Waals surface area contributed by atoms with Crippen LogP contribution in [0.1, 0.15) is 21.5 Å². The maximum Gasteiger partial charge on any atom is 0.333 e. The molecule has 37 heavy (non-hydrogen) atoms. The van der Waals surface area contributed by atoms with Gasteiger partial charge in [0.15, 0.2) is 6.73 Å². The number of rotatable bonds is 6. The number of nitrogens with one attached hydrogen (secondary N) is 3. The number of benzene rings is 2. The minimum atomic E-state index is -4.13. The third-order valence-corrected chi connectivity index (χ3v) is 8.69. The van der Waals surface area contributed by atoms with E-state index in [1.807, 2.05) is 4.72 Å². The number of nitrogens with zero attached hydrogens (tertiary/aromatic N) is 1. The SMILES string of the molecule is CNc1cc2c(cc1F)C(=O)N(c1cc(C)c(NC(=O)NS(=O)(=O)c3ccc(Cl)s3)c(C)c1OC)CO2. The fraction of sp³-hybridized carbons (Fsp3) is 0.217. The van der Waals surface area contributed by atoms with Crippen LogP contribution in [0.3, 0.4) is 0 Å². The highest BCUT2D eigenvalue weighted by atomic mass is 35.5. The van der Waals surface area contributed by atoms with Gasteiger partial charge in [0.2, 0.25) is 0 Å². The highest BCUT2D eigenvalue weighted by Crippen LogP contribution is 2.41. The zero-order valence-electron chi connectivity index (χ0n) is 20.1. The van der Waals surface area contributed by atoms with Crippen LogP contribution in [0.25, 0.3) is 0 Å². The number of carbonyl (C=O) groups excluding carboxylic acids is 2. The number of hydrogen-bond acceptors (Lipinski definition) is 8. The number of carbonyl (C=O) groups is 2. The Kier molecular flexibility index (Phi) is 7.22. The van der Waals surface area contributed by atoms with Crippen LogP contribution in [-0.4, -0.2) is 41.2 Å². The molecule has 1 aliphatic heterocycles. The van der Waals surface area contributed by atoms with E-state index in [1.54, 1.807) is 27.0 Å². The van der Waals surface area contributed by atoms with Crippen LogP contribution in [0.5, 0.6) is 11.5 Å². The summed E-state index contributed by atoms with van der Waals surface area (Å²) in [5.74, 6) is -0.632. The van der Waals surface area contributed by atoms with Crippen molar-refractivity contribution in [2.45, 2.75) is 18.1 Å². The zero-order chi connectivity index (χ0) is 27.1. The Bertz CT molecular complexity index is 1530. The molecule has 196 valence electrons. The Labute approximate surface area is 221 Å². The summed E-state index contributed by atoms with van der Waals surface area (Å²) in [6.07, 6.45) is 0. The number of ether oxygens (including phenoxy) is 2. The average molecular weight is 569 g/mol. The molecule has 2 heterocycles. The molecule has 0 fully saturated rings. The molecular weight excluding hydrogens is 547 g/mol. The number of halogens is 2. The highest BCUT2D eigenvalue weighted by Gasteiger charge is 2.32. The molecule has 0 radical (unpaired) electrons. The molecule has 3 amide bonds. The van der Waals surface area contributed by atoms with Crippen molar-refractivity contribution in [3.05, 3.63) is 57.2 Å². The minimum absolute atomic E-state index is 0.0422. The van der Waals surface area contributed by atoms with Gasteiger partial charge in [0.25, 0.3) is 15.9 Å². The summed E-state index contributed by atoms with van der Waals surface area (Å²) in [6.45, 7) is 3.15. The first kappa shape index (κ1) is 26.5. The average Bonchev–Trinajstić information content (AvgIpc) is 3.29. The zero-order valence-corrected chi connectivity index (χ0v) is 22.5. The van der Waals surface area contributed by atoms with Crippen LogP contribution in [0, 0.1) is 19.7 Å². The van der Waals surface area contributed by atoms with Crippen molar-refractivity contribution >= 4 is 62.0 Å². The maximum atomic E-state index is 14.3. The summed E-state index contributed by atoms with van der Waals surface area (Å²) >= 11 is 6.61. The van der Waals surface area contributed by atoms with Crippen LogP contribution in [0.15, 0.2) is 34.5 Å². The molecule has 14 heteroatoms. The smallest absolute Gasteiger partial charge is 0.333 e. The van der Waals surface area contributed by atoms with E-state index in [4.69, 9.17) is 21.1 Å². The van der Waals surface area contributed by atoms with Crippen molar-refractivity contribution in [1.82, 2.24) is 4.72 Å². The molecule has 0 saturated heterocycles. The van der Waals surface area contributed by atoms with E-state index < -0.39 is 27.8 Å². The fourth-order valence-corrected chi connectivity index (χ4v) is 6.29. The molecule has 0 bridgehead atoms. The lowest BCUT2D eigenvalue weighted by molar-refractivity contribution is 0.0935. The highest BCUT2D eigenvalue weighted by molar-refractivity contribution is 7.92. The van der Waals surface area contributed by atoms with Crippen molar-refractivity contribution in [2.75, 3.05) is 36.4 Å². The number of aryl methyl sites for hydroxylation is 1. The maximum absolute atomic E-state index is 14.3. The van der Waals surface area contributed by atoms with Crippen LogP contribution < -0.4 is 29.7 Å². The summed E-state index contributed by atoms with van der Waals surface area (Å²) in [6, 6.07) is 5.81. The lowest BCUT2D eigenvalue weighted by Crippen LogP contribution is -2.39. The number of methoxy groups -OCH3 is 1. The van der Waals surface area contributed by atoms with Gasteiger partial charge in [-0.15, -0.1) is 11.3 Å². The molecule has 0 spiro atoms. The summed E-state index contributed by atoms with van der Waals surface area (Å²) in [5, 5.41) is 5.23. The first-order chi connectivity index (χ1) is 17.5. The third kappa shape index (κ3) is 5.02. The van der Waals surface area contributed by atoms with Gasteiger partial charge >= 0.3 is 6.03 Å². The van der Waals surface area contributed by atoms with Crippen LogP contribution in [0.2, 0.25) is 4.34 Å². The summed E-state index contributed by atoms with van der Waals surface area (Å²) < 4.78 is 52.6. The van der Waals surface area contributed by atoms with Gasteiger partial charge in [0.05, 0.1) is 34.1 Å². The number of thiophene rings is 1. The van der Waals surface area contributed by atoms with E-state index in [2.05, 4.69) is 10.6 Å². The van der Waals surface area contributed by atoms with Crippen LogP contribution >= 0.6 is 22.9 Å². The van der Waals surface area contributed by atoms with E-state index >= 15 is 0 Å². The molecule has 4 rings (SSSR count). The topological polar surface area (TPSA) is 126 Å². The Hall–Kier alpha value is -3.55. The van der Waals surface area contributed by atoms with Gasteiger partial charge in [-0.2, -0.15) is 0 Å². The largest absolute Gasteiger partial charge is 0.494 e. The predicted molar refractivity (Wildman–Crippen MR) is 139 cm³/mol. The molecule has 3 N–H and O–H groups in total. The molecule has 1 aromatic heterocycles. The molecule has 0 saturated carbocycles. The second-order valence-electron chi connectivity index (χ2n) is 7.95. The quantitative estimate of drug-likeness (QED) is 0.393. The molecule has 1 aliphatic rings. The Morgan fingerprint density at radius 3 is 2.59 bits per heavy atom. The second-order valence-corrected chi connectivity index (χ2v) is 11.6. The van der Waals surface area contributed by atoms with E-state index in [0.717, 1.165) is 17.4 Å². The Morgan fingerprint density at radius 2 is 1.97 bits per heavy atom. The summed E-state index contributed by atoms with van der Waals surface area (Å²) in [5.41, 5.74) is 1.80. The molecule has 0 atom stereocenters. The van der Waals surface area contributed by atoms with Crippen LogP contribution in [-0.2, 0) is 10.0 Å². The second kappa shape index (κ2) is 10.1. The summed E-state index contributed by atoms with van der Waals surface area (Å²) in [4.78, 5) is 27.1. The van der Waals surface area contributed by atoms with Gasteiger partial charge in [-0.25, -0.2) is 22.3 Å². The molecule has 0 aliphatic carbocycles. The van der Waals surface area contributed by atoms with Crippen LogP contribution in [0.4, 0.5) is 26.2 Å². The number of urea groups is 1. The van der Waals surface area contributed by atoms with Crippen molar-refractivity contribution in [3.63, 3.8) is 0 Å². The number of fused-ring (bicyclic) bond motifs is 1. The van der Waals surface area contributed by atoms with Gasteiger partial charge in [0, 0.05) is 18.7 Å². The monoisotopic (exact) mass is 568 g/mol. The van der Waals surface area contributed by atoms with Crippen molar-refractivity contribution in [1.29, 1.82) is 0 Å². The first-order valence-electron chi connectivity index (χ1n) is 10.7. The number of hydrogen-bond donors (Lipinski definition) is 3. The van der Waals surface area contributed by atoms with Gasteiger partial charge in [-0.3, -0.25) is 9.69 Å². The van der Waals surface area contributed by atoms with E-state index in [1.165, 1.54) is 30.2 Å². The molecular formula is C23H22ClFN4O6S2. The van der Waals surface area contributed by atoms with Crippen molar-refractivity contribution in [3.8, 4) is 11.5 Å². The van der Waals surface area contributed by atoms with E-state index in [-0.39, 0.29) is 43.7 Å². The molecule has 10 nitrogen and oxygen atoms in total. The molecule has 3 aromatic rings. The normalized spacial score (nSPS) is 13.0. The third-order valence-electron chi connectivity index (χ3n) is 5.63. The number of sulfonamides is 1. The predicted octanol–water partition coefficient (Wildman–Crippen LogP) is 4.71. The Balaban J connectivity index is 1.63. The summed E-state index contributed by atoms with van der Waals surface area (Å²) in [7, 11) is -1.19. The van der Waals surface area contributed by atoms with Gasteiger partial charge in [-0.05, 0) is 43.7 Å². The molecule has 2 aromatic carbocycles. The lowest BCUT2D eigenvalue weighted by atomic mass is 10.0. The van der Waals surface area contributed by atoms with Crippen molar-refractivity contribution < 1.29 is 31.9 Å². The van der Waals surface area contributed by atoms with Gasteiger partial charge < -0.3 is 20.1 Å². The minimum Gasteiger partial charge on any atom is -0.494 e.